The first-order valence-electron chi connectivity index (χ1n) is 12.8. The number of ketones is 1. The third-order valence-electron chi connectivity index (χ3n) is 8.37. The van der Waals surface area contributed by atoms with Crippen molar-refractivity contribution in [3.8, 4) is 0 Å². The van der Waals surface area contributed by atoms with Crippen molar-refractivity contribution in [1.82, 2.24) is 25.4 Å². The Labute approximate surface area is 215 Å². The van der Waals surface area contributed by atoms with Crippen LogP contribution in [-0.2, 0) is 30.3 Å². The Morgan fingerprint density at radius 1 is 1.30 bits per heavy atom. The van der Waals surface area contributed by atoms with Crippen molar-refractivity contribution >= 4 is 23.5 Å². The summed E-state index contributed by atoms with van der Waals surface area (Å²) in [7, 11) is 3.12. The predicted octanol–water partition coefficient (Wildman–Crippen LogP) is -1.07. The smallest absolute Gasteiger partial charge is 0.258 e. The molecule has 202 valence electrons. The number of aliphatic hydroxyl groups excluding tert-OH is 1. The molecule has 2 bridgehead atoms. The topological polar surface area (TPSA) is 157 Å². The summed E-state index contributed by atoms with van der Waals surface area (Å²) in [5.41, 5.74) is 0.0450. The van der Waals surface area contributed by atoms with E-state index in [1.165, 1.54) is 7.11 Å². The summed E-state index contributed by atoms with van der Waals surface area (Å²) in [4.78, 5) is 58.2. The second-order valence-corrected chi connectivity index (χ2v) is 10.5. The Morgan fingerprint density at radius 3 is 2.73 bits per heavy atom. The van der Waals surface area contributed by atoms with Crippen LogP contribution in [0.15, 0.2) is 12.4 Å². The molecule has 12 nitrogen and oxygen atoms in total. The van der Waals surface area contributed by atoms with Gasteiger partial charge in [0, 0.05) is 32.1 Å². The standard InChI is InChI=1S/C25H35N5O7/c1-12(26-3)22(33)28-20(13(2)36-4)24(35)29-11-16(31)8-15(29)7-14-9-27-10-17(14)23(34)30-18-5-6-19-25(30,37-19)21(18)32/h9-10,12-13,15-16,18-20,26-27,31H,5-8,11H2,1-4H3,(H,28,33)/t12-,13+,15+,16-,18?,19?,20-,25?/m0/s1. The van der Waals surface area contributed by atoms with E-state index in [2.05, 4.69) is 15.6 Å². The summed E-state index contributed by atoms with van der Waals surface area (Å²) in [6, 6.07) is -2.28. The van der Waals surface area contributed by atoms with E-state index in [9.17, 15) is 24.3 Å². The number of Topliss-reactive ketones (excluding diaryl/α,β-unsaturated/α-hetero) is 1. The lowest BCUT2D eigenvalue weighted by Gasteiger charge is -2.48. The fourth-order valence-corrected chi connectivity index (χ4v) is 5.97. The minimum absolute atomic E-state index is 0.0159. The Balaban J connectivity index is 1.33. The van der Waals surface area contributed by atoms with Crippen molar-refractivity contribution in [1.29, 1.82) is 0 Å². The van der Waals surface area contributed by atoms with E-state index in [-0.39, 0.29) is 36.2 Å². The van der Waals surface area contributed by atoms with Crippen LogP contribution in [0.25, 0.3) is 0 Å². The van der Waals surface area contributed by atoms with Crippen LogP contribution in [0.1, 0.15) is 49.0 Å². The number of fused-ring (bicyclic) bond motifs is 1. The number of likely N-dealkylation sites (N-methyl/N-ethyl adjacent to an activating group) is 1. The lowest BCUT2D eigenvalue weighted by Crippen LogP contribution is -2.72. The first-order chi connectivity index (χ1) is 17.6. The highest BCUT2D eigenvalue weighted by atomic mass is 16.6. The third-order valence-corrected chi connectivity index (χ3v) is 8.37. The minimum Gasteiger partial charge on any atom is -0.391 e. The number of aliphatic hydroxyl groups is 1. The van der Waals surface area contributed by atoms with E-state index < -0.39 is 42.1 Å². The van der Waals surface area contributed by atoms with Gasteiger partial charge >= 0.3 is 0 Å². The molecular weight excluding hydrogens is 482 g/mol. The second-order valence-electron chi connectivity index (χ2n) is 10.5. The van der Waals surface area contributed by atoms with Gasteiger partial charge in [-0.3, -0.25) is 24.1 Å². The van der Waals surface area contributed by atoms with Crippen molar-refractivity contribution in [3.63, 3.8) is 0 Å². The molecular formula is C25H35N5O7. The number of hydrogen-bond acceptors (Lipinski definition) is 8. The highest BCUT2D eigenvalue weighted by molar-refractivity contribution is 6.11. The van der Waals surface area contributed by atoms with Crippen LogP contribution < -0.4 is 10.6 Å². The monoisotopic (exact) mass is 517 g/mol. The van der Waals surface area contributed by atoms with E-state index in [0.717, 1.165) is 6.42 Å². The van der Waals surface area contributed by atoms with Crippen molar-refractivity contribution in [2.75, 3.05) is 20.7 Å². The summed E-state index contributed by atoms with van der Waals surface area (Å²) >= 11 is 0. The van der Waals surface area contributed by atoms with Gasteiger partial charge in [0.25, 0.3) is 5.91 Å². The number of ether oxygens (including phenoxy) is 2. The first-order valence-corrected chi connectivity index (χ1v) is 12.8. The highest BCUT2D eigenvalue weighted by Crippen LogP contribution is 2.58. The number of aromatic amines is 1. The average Bonchev–Trinajstić information content (AvgIpc) is 3.38. The number of amides is 3. The van der Waals surface area contributed by atoms with Crippen LogP contribution in [0.4, 0.5) is 0 Å². The highest BCUT2D eigenvalue weighted by Gasteiger charge is 2.80. The average molecular weight is 518 g/mol. The number of piperidine rings is 1. The molecule has 4 aliphatic heterocycles. The molecule has 1 aromatic rings. The maximum atomic E-state index is 13.6. The number of nitrogens with one attached hydrogen (secondary N) is 3. The number of H-pyrrole nitrogens is 1. The third kappa shape index (κ3) is 4.06. The fourth-order valence-electron chi connectivity index (χ4n) is 5.97. The number of rotatable bonds is 9. The molecule has 0 radical (unpaired) electrons. The van der Waals surface area contributed by atoms with Crippen LogP contribution in [0.2, 0.25) is 0 Å². The Bertz CT molecular complexity index is 1110. The maximum absolute atomic E-state index is 13.6. The number of aromatic nitrogens is 1. The number of methoxy groups -OCH3 is 1. The van der Waals surface area contributed by atoms with E-state index >= 15 is 0 Å². The lowest BCUT2D eigenvalue weighted by atomic mass is 9.77. The molecule has 1 spiro atoms. The van der Waals surface area contributed by atoms with Crippen molar-refractivity contribution in [2.45, 2.75) is 87.7 Å². The van der Waals surface area contributed by atoms with Crippen molar-refractivity contribution < 1.29 is 33.8 Å². The molecule has 4 N–H and O–H groups in total. The zero-order chi connectivity index (χ0) is 26.6. The summed E-state index contributed by atoms with van der Waals surface area (Å²) in [5.74, 6) is -0.974. The largest absolute Gasteiger partial charge is 0.391 e. The Kier molecular flexibility index (Phi) is 6.63. The summed E-state index contributed by atoms with van der Waals surface area (Å²) in [6.07, 6.45) is 3.82. The number of epoxide rings is 1. The van der Waals surface area contributed by atoms with Gasteiger partial charge in [-0.15, -0.1) is 0 Å². The molecule has 3 amide bonds. The van der Waals surface area contributed by atoms with Gasteiger partial charge in [0.1, 0.15) is 12.1 Å². The van der Waals surface area contributed by atoms with E-state index in [0.29, 0.717) is 30.4 Å². The van der Waals surface area contributed by atoms with Gasteiger partial charge < -0.3 is 35.1 Å². The summed E-state index contributed by atoms with van der Waals surface area (Å²) in [5, 5.41) is 16.1. The fraction of sp³-hybridized carbons (Fsp3) is 0.680. The van der Waals surface area contributed by atoms with Crippen molar-refractivity contribution in [2.24, 2.45) is 0 Å². The Hall–Kier alpha value is -2.80. The van der Waals surface area contributed by atoms with E-state index in [4.69, 9.17) is 9.47 Å². The first kappa shape index (κ1) is 25.8. The summed E-state index contributed by atoms with van der Waals surface area (Å²) in [6.45, 7) is 3.51. The normalized spacial score (nSPS) is 32.3. The predicted molar refractivity (Wildman–Crippen MR) is 129 cm³/mol. The molecule has 0 saturated carbocycles. The van der Waals surface area contributed by atoms with Gasteiger partial charge in [-0.2, -0.15) is 0 Å². The van der Waals surface area contributed by atoms with Gasteiger partial charge in [-0.1, -0.05) is 0 Å². The molecule has 4 aliphatic rings. The number of β-amino-alcohol motifs (C(OH)–C–C–N with tert-alkyl or cyclic N) is 1. The van der Waals surface area contributed by atoms with E-state index in [1.807, 2.05) is 0 Å². The molecule has 0 aromatic carbocycles. The molecule has 0 aliphatic carbocycles. The summed E-state index contributed by atoms with van der Waals surface area (Å²) < 4.78 is 11.0. The minimum atomic E-state index is -1.08. The molecule has 5 heterocycles. The molecule has 4 saturated heterocycles. The van der Waals surface area contributed by atoms with Crippen molar-refractivity contribution in [3.05, 3.63) is 23.5 Å². The van der Waals surface area contributed by atoms with Crippen LogP contribution in [0.5, 0.6) is 0 Å². The van der Waals surface area contributed by atoms with Crippen LogP contribution in [-0.4, -0.2) is 112 Å². The van der Waals surface area contributed by atoms with Gasteiger partial charge in [-0.25, -0.2) is 0 Å². The number of likely N-dealkylation sites (tertiary alicyclic amines) is 1. The molecule has 12 heteroatoms. The van der Waals surface area contributed by atoms with Gasteiger partial charge in [0.15, 0.2) is 0 Å². The Morgan fingerprint density at radius 2 is 2.05 bits per heavy atom. The molecule has 4 fully saturated rings. The van der Waals surface area contributed by atoms with E-state index in [1.54, 1.807) is 43.1 Å². The zero-order valence-electron chi connectivity index (χ0n) is 21.5. The number of hydrogen-bond donors (Lipinski definition) is 4. The quantitative estimate of drug-likeness (QED) is 0.302. The second kappa shape index (κ2) is 9.50. The molecule has 5 rings (SSSR count). The SMILES string of the molecule is CN[C@@H](C)C(=O)N[C@H](C(=O)N1C[C@@H](O)C[C@H]1Cc1c[nH]cc1C(=O)N1C2CCC3OC31C2=O)[C@@H](C)OC. The zero-order valence-corrected chi connectivity index (χ0v) is 21.5. The number of carbonyl (C=O) groups is 4. The van der Waals surface area contributed by atoms with Crippen LogP contribution in [0.3, 0.4) is 0 Å². The molecule has 37 heavy (non-hydrogen) atoms. The maximum Gasteiger partial charge on any atom is 0.258 e. The lowest BCUT2D eigenvalue weighted by molar-refractivity contribution is -0.154. The molecule has 3 unspecified atom stereocenters. The van der Waals surface area contributed by atoms with Gasteiger partial charge in [0.05, 0.1) is 29.9 Å². The van der Waals surface area contributed by atoms with Gasteiger partial charge in [-0.05, 0) is 52.1 Å². The number of nitrogens with zero attached hydrogens (tertiary/aromatic N) is 2. The van der Waals surface area contributed by atoms with Crippen LogP contribution in [0, 0.1) is 0 Å². The molecule has 8 atom stereocenters. The number of carbonyl (C=O) groups excluding carboxylic acids is 4. The van der Waals surface area contributed by atoms with Crippen LogP contribution >= 0.6 is 0 Å². The van der Waals surface area contributed by atoms with Gasteiger partial charge in [0.2, 0.25) is 23.3 Å². The molecule has 1 aromatic heterocycles.